The Kier molecular flexibility index (Phi) is 2.08. The molecule has 3 rings (SSSR count). The van der Waals surface area contributed by atoms with E-state index in [1.165, 1.54) is 18.2 Å². The quantitative estimate of drug-likeness (QED) is 0.646. The lowest BCUT2D eigenvalue weighted by atomic mass is 10.1. The zero-order chi connectivity index (χ0) is 12.9. The highest BCUT2D eigenvalue weighted by Gasteiger charge is 2.31. The van der Waals surface area contributed by atoms with Gasteiger partial charge in [-0.1, -0.05) is 0 Å². The third-order valence-corrected chi connectivity index (χ3v) is 2.78. The Morgan fingerprint density at radius 1 is 0.889 bits per heavy atom. The highest BCUT2D eigenvalue weighted by atomic mass is 19.4. The van der Waals surface area contributed by atoms with Crippen LogP contribution < -0.4 is 0 Å². The molecule has 0 amide bonds. The summed E-state index contributed by atoms with van der Waals surface area (Å²) >= 11 is 0. The van der Waals surface area contributed by atoms with E-state index in [2.05, 4.69) is 0 Å². The molecule has 1 heterocycles. The fourth-order valence-electron chi connectivity index (χ4n) is 1.94. The van der Waals surface area contributed by atoms with Crippen molar-refractivity contribution in [2.45, 2.75) is 6.18 Å². The average Bonchev–Trinajstić information content (AvgIpc) is 2.63. The van der Waals surface area contributed by atoms with E-state index in [1.54, 1.807) is 6.07 Å². The van der Waals surface area contributed by atoms with Crippen LogP contribution in [0.5, 0.6) is 5.75 Å². The second kappa shape index (κ2) is 3.41. The summed E-state index contributed by atoms with van der Waals surface area (Å²) in [6.45, 7) is 0. The van der Waals surface area contributed by atoms with Gasteiger partial charge >= 0.3 is 6.18 Å². The van der Waals surface area contributed by atoms with Crippen LogP contribution in [0.4, 0.5) is 13.2 Å². The van der Waals surface area contributed by atoms with Gasteiger partial charge in [0, 0.05) is 16.8 Å². The number of phenolic OH excluding ortho intramolecular Hbond substituents is 1. The Morgan fingerprint density at radius 2 is 1.50 bits per heavy atom. The highest BCUT2D eigenvalue weighted by molar-refractivity contribution is 6.05. The Balaban J connectivity index is 2.33. The molecule has 0 unspecified atom stereocenters. The smallest absolute Gasteiger partial charge is 0.416 e. The molecule has 0 spiro atoms. The summed E-state index contributed by atoms with van der Waals surface area (Å²) in [5.41, 5.74) is -0.229. The van der Waals surface area contributed by atoms with Crippen LogP contribution in [0.1, 0.15) is 5.56 Å². The van der Waals surface area contributed by atoms with Gasteiger partial charge in [0.25, 0.3) is 0 Å². The molecule has 18 heavy (non-hydrogen) atoms. The van der Waals surface area contributed by atoms with Gasteiger partial charge in [0.15, 0.2) is 0 Å². The molecule has 1 aromatic heterocycles. The van der Waals surface area contributed by atoms with Gasteiger partial charge in [-0.05, 0) is 30.3 Å². The third kappa shape index (κ3) is 1.59. The van der Waals surface area contributed by atoms with E-state index in [-0.39, 0.29) is 11.3 Å². The maximum absolute atomic E-state index is 12.6. The molecule has 2 aromatic carbocycles. The fourth-order valence-corrected chi connectivity index (χ4v) is 1.94. The molecular formula is C13H7F3O2. The van der Waals surface area contributed by atoms with Crippen molar-refractivity contribution in [3.05, 3.63) is 42.0 Å². The van der Waals surface area contributed by atoms with Gasteiger partial charge in [-0.2, -0.15) is 13.2 Å². The molecule has 5 heteroatoms. The predicted molar refractivity (Wildman–Crippen MR) is 60.4 cm³/mol. The summed E-state index contributed by atoms with van der Waals surface area (Å²) in [7, 11) is 0. The number of hydrogen-bond donors (Lipinski definition) is 1. The van der Waals surface area contributed by atoms with Crippen LogP contribution in [0.3, 0.4) is 0 Å². The van der Waals surface area contributed by atoms with E-state index in [9.17, 15) is 18.3 Å². The lowest BCUT2D eigenvalue weighted by Gasteiger charge is -2.05. The van der Waals surface area contributed by atoms with E-state index in [1.807, 2.05) is 0 Å². The molecule has 0 atom stereocenters. The van der Waals surface area contributed by atoms with Crippen LogP contribution in [0.25, 0.3) is 21.9 Å². The van der Waals surface area contributed by atoms with Crippen LogP contribution in [0.15, 0.2) is 40.8 Å². The summed E-state index contributed by atoms with van der Waals surface area (Å²) in [5.74, 6) is 0.0117. The van der Waals surface area contributed by atoms with Crippen molar-refractivity contribution in [3.8, 4) is 5.75 Å². The van der Waals surface area contributed by atoms with Crippen molar-refractivity contribution < 1.29 is 22.7 Å². The Hall–Kier alpha value is -2.17. The molecule has 92 valence electrons. The van der Waals surface area contributed by atoms with Crippen molar-refractivity contribution in [1.82, 2.24) is 0 Å². The first kappa shape index (κ1) is 11.0. The Labute approximate surface area is 99.2 Å². The molecule has 0 radical (unpaired) electrons. The monoisotopic (exact) mass is 252 g/mol. The molecule has 0 fully saturated rings. The summed E-state index contributed by atoms with van der Waals surface area (Å²) in [6, 6.07) is 7.82. The Bertz CT molecular complexity index is 741. The first-order valence-electron chi connectivity index (χ1n) is 5.17. The number of halogens is 3. The average molecular weight is 252 g/mol. The number of aromatic hydroxyl groups is 1. The van der Waals surface area contributed by atoms with Crippen molar-refractivity contribution in [2.75, 3.05) is 0 Å². The molecule has 0 saturated carbocycles. The first-order valence-corrected chi connectivity index (χ1v) is 5.17. The minimum atomic E-state index is -4.39. The minimum Gasteiger partial charge on any atom is -0.508 e. The van der Waals surface area contributed by atoms with Crippen LogP contribution >= 0.6 is 0 Å². The fraction of sp³-hybridized carbons (Fsp3) is 0.0769. The highest BCUT2D eigenvalue weighted by Crippen LogP contribution is 2.35. The summed E-state index contributed by atoms with van der Waals surface area (Å²) in [4.78, 5) is 0. The lowest BCUT2D eigenvalue weighted by molar-refractivity contribution is -0.137. The zero-order valence-corrected chi connectivity index (χ0v) is 8.95. The first-order chi connectivity index (χ1) is 8.45. The number of alkyl halides is 3. The SMILES string of the molecule is Oc1ccc2c(c1)oc1cc(C(F)(F)F)ccc12. The lowest BCUT2D eigenvalue weighted by Crippen LogP contribution is -2.03. The van der Waals surface area contributed by atoms with Crippen LogP contribution in [-0.2, 0) is 6.18 Å². The van der Waals surface area contributed by atoms with Crippen LogP contribution in [-0.4, -0.2) is 5.11 Å². The van der Waals surface area contributed by atoms with Crippen molar-refractivity contribution in [3.63, 3.8) is 0 Å². The van der Waals surface area contributed by atoms with Crippen LogP contribution in [0.2, 0.25) is 0 Å². The third-order valence-electron chi connectivity index (χ3n) is 2.78. The van der Waals surface area contributed by atoms with E-state index in [0.29, 0.717) is 16.4 Å². The number of phenols is 1. The van der Waals surface area contributed by atoms with Gasteiger partial charge in [0.1, 0.15) is 16.9 Å². The normalized spacial score (nSPS) is 12.4. The van der Waals surface area contributed by atoms with Gasteiger partial charge in [0.05, 0.1) is 5.56 Å². The van der Waals surface area contributed by atoms with Gasteiger partial charge in [-0.25, -0.2) is 0 Å². The van der Waals surface area contributed by atoms with E-state index >= 15 is 0 Å². The number of rotatable bonds is 0. The molecule has 2 nitrogen and oxygen atoms in total. The van der Waals surface area contributed by atoms with Crippen LogP contribution in [0, 0.1) is 0 Å². The molecule has 0 aliphatic heterocycles. The van der Waals surface area contributed by atoms with E-state index < -0.39 is 11.7 Å². The largest absolute Gasteiger partial charge is 0.508 e. The second-order valence-electron chi connectivity index (χ2n) is 3.99. The maximum Gasteiger partial charge on any atom is 0.416 e. The van der Waals surface area contributed by atoms with E-state index in [0.717, 1.165) is 12.1 Å². The molecule has 3 aromatic rings. The number of fused-ring (bicyclic) bond motifs is 3. The molecular weight excluding hydrogens is 245 g/mol. The van der Waals surface area contributed by atoms with Crippen molar-refractivity contribution in [1.29, 1.82) is 0 Å². The van der Waals surface area contributed by atoms with Gasteiger partial charge < -0.3 is 9.52 Å². The molecule has 0 aliphatic carbocycles. The van der Waals surface area contributed by atoms with Crippen molar-refractivity contribution >= 4 is 21.9 Å². The van der Waals surface area contributed by atoms with E-state index in [4.69, 9.17) is 4.42 Å². The summed E-state index contributed by atoms with van der Waals surface area (Å²) in [6.07, 6.45) is -4.39. The second-order valence-corrected chi connectivity index (χ2v) is 3.99. The topological polar surface area (TPSA) is 33.4 Å². The number of furan rings is 1. The number of hydrogen-bond acceptors (Lipinski definition) is 2. The summed E-state index contributed by atoms with van der Waals surface area (Å²) in [5, 5.41) is 10.6. The van der Waals surface area contributed by atoms with Crippen molar-refractivity contribution in [2.24, 2.45) is 0 Å². The minimum absolute atomic E-state index is 0.0117. The van der Waals surface area contributed by atoms with Gasteiger partial charge in [-0.15, -0.1) is 0 Å². The van der Waals surface area contributed by atoms with Gasteiger partial charge in [0.2, 0.25) is 0 Å². The number of benzene rings is 2. The Morgan fingerprint density at radius 3 is 2.17 bits per heavy atom. The molecule has 1 N–H and O–H groups in total. The van der Waals surface area contributed by atoms with Gasteiger partial charge in [-0.3, -0.25) is 0 Å². The predicted octanol–water partition coefficient (Wildman–Crippen LogP) is 4.31. The standard InChI is InChI=1S/C13H7F3O2/c14-13(15,16)7-1-3-9-10-4-2-8(17)6-12(10)18-11(9)5-7/h1-6,17H. The summed E-state index contributed by atoms with van der Waals surface area (Å²) < 4.78 is 43.0. The zero-order valence-electron chi connectivity index (χ0n) is 8.95. The molecule has 0 saturated heterocycles. The molecule has 0 aliphatic rings. The molecule has 0 bridgehead atoms. The maximum atomic E-state index is 12.6.